The van der Waals surface area contributed by atoms with E-state index >= 15 is 0 Å². The quantitative estimate of drug-likeness (QED) is 0.707. The number of nitrogens with zero attached hydrogens (tertiary/aromatic N) is 1. The summed E-state index contributed by atoms with van der Waals surface area (Å²) in [6.45, 7) is 2.64. The highest BCUT2D eigenvalue weighted by Gasteiger charge is 2.17. The summed E-state index contributed by atoms with van der Waals surface area (Å²) in [6, 6.07) is 0. The Hall–Kier alpha value is -0.260. The maximum Gasteiger partial charge on any atom is 0.313 e. The summed E-state index contributed by atoms with van der Waals surface area (Å²) in [5.74, 6) is 0.189. The Kier molecular flexibility index (Phi) is 4.55. The Bertz CT molecular complexity index is 177. The molecule has 1 rings (SSSR count). The van der Waals surface area contributed by atoms with Crippen molar-refractivity contribution in [2.24, 2.45) is 0 Å². The standard InChI is InChI=1S/C8H15NO3S/c1-9-2-3-12-7(4-9)5-13-6-8(10)11/h7H,2-6H2,1H3,(H,10,11). The summed E-state index contributed by atoms with van der Waals surface area (Å²) < 4.78 is 5.47. The lowest BCUT2D eigenvalue weighted by atomic mass is 10.3. The molecule has 0 aromatic rings. The average molecular weight is 205 g/mol. The average Bonchev–Trinajstić information content (AvgIpc) is 2.03. The van der Waals surface area contributed by atoms with Gasteiger partial charge >= 0.3 is 5.97 Å². The summed E-state index contributed by atoms with van der Waals surface area (Å²) in [6.07, 6.45) is 0.197. The number of aliphatic carboxylic acids is 1. The third kappa shape index (κ3) is 4.50. The predicted octanol–water partition coefficient (Wildman–Crippen LogP) is 0.135. The van der Waals surface area contributed by atoms with Crippen LogP contribution in [0.4, 0.5) is 0 Å². The summed E-state index contributed by atoms with van der Waals surface area (Å²) in [4.78, 5) is 12.4. The van der Waals surface area contributed by atoms with Crippen LogP contribution in [0.25, 0.3) is 0 Å². The van der Waals surface area contributed by atoms with Crippen LogP contribution in [-0.4, -0.2) is 60.3 Å². The fourth-order valence-electron chi connectivity index (χ4n) is 1.25. The molecule has 0 spiro atoms. The Labute approximate surface area is 82.2 Å². The summed E-state index contributed by atoms with van der Waals surface area (Å²) >= 11 is 1.42. The topological polar surface area (TPSA) is 49.8 Å². The lowest BCUT2D eigenvalue weighted by Gasteiger charge is -2.29. The molecule has 1 saturated heterocycles. The van der Waals surface area contributed by atoms with Gasteiger partial charge in [0.05, 0.1) is 18.5 Å². The van der Waals surface area contributed by atoms with Crippen LogP contribution in [0.1, 0.15) is 0 Å². The van der Waals surface area contributed by atoms with Crippen LogP contribution in [0.5, 0.6) is 0 Å². The highest BCUT2D eigenvalue weighted by Crippen LogP contribution is 2.10. The van der Waals surface area contributed by atoms with Crippen molar-refractivity contribution in [3.8, 4) is 0 Å². The van der Waals surface area contributed by atoms with Crippen LogP contribution in [0, 0.1) is 0 Å². The molecule has 1 atom stereocenters. The molecular weight excluding hydrogens is 190 g/mol. The maximum atomic E-state index is 10.2. The first-order valence-corrected chi connectivity index (χ1v) is 5.43. The first-order chi connectivity index (χ1) is 6.18. The second-order valence-corrected chi connectivity index (χ2v) is 4.19. The molecule has 1 N–H and O–H groups in total. The number of carboxylic acid groups (broad SMARTS) is 1. The van der Waals surface area contributed by atoms with Gasteiger partial charge < -0.3 is 14.7 Å². The van der Waals surface area contributed by atoms with E-state index in [2.05, 4.69) is 11.9 Å². The van der Waals surface area contributed by atoms with Crippen molar-refractivity contribution in [1.82, 2.24) is 4.90 Å². The van der Waals surface area contributed by atoms with Crippen LogP contribution in [-0.2, 0) is 9.53 Å². The largest absolute Gasteiger partial charge is 0.481 e. The zero-order valence-corrected chi connectivity index (χ0v) is 8.55. The van der Waals surface area contributed by atoms with Crippen LogP contribution in [0.15, 0.2) is 0 Å². The van der Waals surface area contributed by atoms with E-state index < -0.39 is 5.97 Å². The molecule has 76 valence electrons. The smallest absolute Gasteiger partial charge is 0.313 e. The zero-order chi connectivity index (χ0) is 9.68. The van der Waals surface area contributed by atoms with Crippen molar-refractivity contribution in [3.05, 3.63) is 0 Å². The Morgan fingerprint density at radius 3 is 3.15 bits per heavy atom. The number of ether oxygens (including phenoxy) is 1. The molecule has 1 heterocycles. The molecule has 1 unspecified atom stereocenters. The van der Waals surface area contributed by atoms with Gasteiger partial charge in [0.1, 0.15) is 0 Å². The predicted molar refractivity (Wildman–Crippen MR) is 52.2 cm³/mol. The minimum Gasteiger partial charge on any atom is -0.481 e. The van der Waals surface area contributed by atoms with E-state index in [4.69, 9.17) is 9.84 Å². The molecule has 1 aliphatic rings. The molecule has 0 aromatic carbocycles. The number of hydrogen-bond acceptors (Lipinski definition) is 4. The van der Waals surface area contributed by atoms with Crippen molar-refractivity contribution in [2.45, 2.75) is 6.10 Å². The van der Waals surface area contributed by atoms with E-state index in [1.807, 2.05) is 0 Å². The van der Waals surface area contributed by atoms with Crippen molar-refractivity contribution in [2.75, 3.05) is 38.2 Å². The first-order valence-electron chi connectivity index (χ1n) is 4.28. The van der Waals surface area contributed by atoms with Crippen LogP contribution < -0.4 is 0 Å². The molecular formula is C8H15NO3S. The molecule has 0 saturated carbocycles. The number of rotatable bonds is 4. The second kappa shape index (κ2) is 5.47. The number of carbonyl (C=O) groups is 1. The summed E-state index contributed by atoms with van der Waals surface area (Å²) in [5, 5.41) is 8.42. The SMILES string of the molecule is CN1CCOC(CSCC(=O)O)C1. The van der Waals surface area contributed by atoms with Gasteiger partial charge in [-0.15, -0.1) is 11.8 Å². The van der Waals surface area contributed by atoms with Crippen LogP contribution in [0.2, 0.25) is 0 Å². The van der Waals surface area contributed by atoms with Gasteiger partial charge in [0.2, 0.25) is 0 Å². The Morgan fingerprint density at radius 2 is 2.54 bits per heavy atom. The fourth-order valence-corrected chi connectivity index (χ4v) is 2.00. The minimum absolute atomic E-state index is 0.170. The fraction of sp³-hybridized carbons (Fsp3) is 0.875. The van der Waals surface area contributed by atoms with E-state index in [-0.39, 0.29) is 11.9 Å². The third-order valence-corrected chi connectivity index (χ3v) is 2.93. The number of hydrogen-bond donors (Lipinski definition) is 1. The van der Waals surface area contributed by atoms with E-state index in [9.17, 15) is 4.79 Å². The van der Waals surface area contributed by atoms with Crippen molar-refractivity contribution in [1.29, 1.82) is 0 Å². The monoisotopic (exact) mass is 205 g/mol. The molecule has 0 amide bonds. The number of thioether (sulfide) groups is 1. The first kappa shape index (κ1) is 10.8. The van der Waals surface area contributed by atoms with E-state index in [1.54, 1.807) is 0 Å². The van der Waals surface area contributed by atoms with Gasteiger partial charge in [-0.2, -0.15) is 0 Å². The Morgan fingerprint density at radius 1 is 1.77 bits per heavy atom. The molecule has 0 aliphatic carbocycles. The molecule has 1 fully saturated rings. The van der Waals surface area contributed by atoms with E-state index in [0.29, 0.717) is 0 Å². The lowest BCUT2D eigenvalue weighted by Crippen LogP contribution is -2.41. The highest BCUT2D eigenvalue weighted by molar-refractivity contribution is 7.99. The van der Waals surface area contributed by atoms with Crippen LogP contribution >= 0.6 is 11.8 Å². The lowest BCUT2D eigenvalue weighted by molar-refractivity contribution is -0.133. The van der Waals surface area contributed by atoms with Gasteiger partial charge in [-0.1, -0.05) is 0 Å². The molecule has 0 radical (unpaired) electrons. The second-order valence-electron chi connectivity index (χ2n) is 3.16. The normalized spacial score (nSPS) is 24.5. The van der Waals surface area contributed by atoms with Crippen molar-refractivity contribution in [3.63, 3.8) is 0 Å². The van der Waals surface area contributed by atoms with Crippen molar-refractivity contribution >= 4 is 17.7 Å². The van der Waals surface area contributed by atoms with E-state index in [0.717, 1.165) is 25.4 Å². The van der Waals surface area contributed by atoms with Gasteiger partial charge in [0.15, 0.2) is 0 Å². The molecule has 0 bridgehead atoms. The van der Waals surface area contributed by atoms with Gasteiger partial charge in [0.25, 0.3) is 0 Å². The van der Waals surface area contributed by atoms with Gasteiger partial charge in [-0.3, -0.25) is 4.79 Å². The molecule has 1 aliphatic heterocycles. The summed E-state index contributed by atoms with van der Waals surface area (Å²) in [7, 11) is 2.05. The minimum atomic E-state index is -0.755. The number of carboxylic acids is 1. The molecule has 13 heavy (non-hydrogen) atoms. The van der Waals surface area contributed by atoms with Gasteiger partial charge in [-0.05, 0) is 7.05 Å². The van der Waals surface area contributed by atoms with Gasteiger partial charge in [0, 0.05) is 18.8 Å². The molecule has 0 aromatic heterocycles. The van der Waals surface area contributed by atoms with Gasteiger partial charge in [-0.25, -0.2) is 0 Å². The molecule has 4 nitrogen and oxygen atoms in total. The Balaban J connectivity index is 2.10. The molecule has 5 heteroatoms. The number of morpholine rings is 1. The zero-order valence-electron chi connectivity index (χ0n) is 7.73. The maximum absolute atomic E-state index is 10.2. The van der Waals surface area contributed by atoms with E-state index in [1.165, 1.54) is 11.8 Å². The number of likely N-dealkylation sites (N-methyl/N-ethyl adjacent to an activating group) is 1. The highest BCUT2D eigenvalue weighted by atomic mass is 32.2. The van der Waals surface area contributed by atoms with Crippen LogP contribution in [0.3, 0.4) is 0 Å². The summed E-state index contributed by atoms with van der Waals surface area (Å²) in [5.41, 5.74) is 0. The van der Waals surface area contributed by atoms with Crippen molar-refractivity contribution < 1.29 is 14.6 Å². The third-order valence-electron chi connectivity index (χ3n) is 1.87.